The van der Waals surface area contributed by atoms with Gasteiger partial charge in [-0.05, 0) is 46.5 Å². The van der Waals surface area contributed by atoms with Gasteiger partial charge >= 0.3 is 6.09 Å². The lowest BCUT2D eigenvalue weighted by molar-refractivity contribution is 0.0165. The van der Waals surface area contributed by atoms with E-state index in [9.17, 15) is 4.79 Å². The molecule has 6 heteroatoms. The molecular formula is C17H28N4O2. The van der Waals surface area contributed by atoms with Gasteiger partial charge in [-0.3, -0.25) is 9.97 Å². The lowest BCUT2D eigenvalue weighted by atomic mass is 9.98. The van der Waals surface area contributed by atoms with Crippen LogP contribution >= 0.6 is 0 Å². The van der Waals surface area contributed by atoms with Crippen molar-refractivity contribution in [2.45, 2.75) is 52.2 Å². The fraction of sp³-hybridized carbons (Fsp3) is 0.706. The van der Waals surface area contributed by atoms with Crippen molar-refractivity contribution < 1.29 is 9.53 Å². The molecule has 1 aromatic rings. The van der Waals surface area contributed by atoms with Gasteiger partial charge < -0.3 is 15.0 Å². The molecule has 128 valence electrons. The van der Waals surface area contributed by atoms with Crippen molar-refractivity contribution in [1.29, 1.82) is 0 Å². The van der Waals surface area contributed by atoms with Crippen LogP contribution in [0.5, 0.6) is 0 Å². The minimum Gasteiger partial charge on any atom is -0.444 e. The first-order valence-corrected chi connectivity index (χ1v) is 8.32. The van der Waals surface area contributed by atoms with E-state index in [4.69, 9.17) is 4.74 Å². The van der Waals surface area contributed by atoms with E-state index in [0.29, 0.717) is 5.92 Å². The van der Waals surface area contributed by atoms with Gasteiger partial charge in [0.25, 0.3) is 0 Å². The number of carbonyl (C=O) groups is 1. The van der Waals surface area contributed by atoms with E-state index in [1.54, 1.807) is 18.6 Å². The lowest BCUT2D eigenvalue weighted by Gasteiger charge is -2.34. The van der Waals surface area contributed by atoms with Crippen LogP contribution in [0.4, 0.5) is 4.79 Å². The zero-order valence-electron chi connectivity index (χ0n) is 14.6. The summed E-state index contributed by atoms with van der Waals surface area (Å²) in [5.41, 5.74) is 0.496. The van der Waals surface area contributed by atoms with Crippen molar-refractivity contribution in [1.82, 2.24) is 20.2 Å². The Kier molecular flexibility index (Phi) is 5.93. The molecule has 1 aromatic heterocycles. The fourth-order valence-corrected chi connectivity index (χ4v) is 2.71. The van der Waals surface area contributed by atoms with Gasteiger partial charge in [0.1, 0.15) is 5.60 Å². The molecule has 2 atom stereocenters. The lowest BCUT2D eigenvalue weighted by Crippen LogP contribution is -2.45. The topological polar surface area (TPSA) is 67.4 Å². The number of piperidine rings is 1. The summed E-state index contributed by atoms with van der Waals surface area (Å²) in [7, 11) is 0. The van der Waals surface area contributed by atoms with Crippen molar-refractivity contribution in [2.75, 3.05) is 19.6 Å². The van der Waals surface area contributed by atoms with Crippen LogP contribution in [0, 0.1) is 5.92 Å². The standard InChI is InChI=1S/C17H28N4O2/c1-13(15-11-18-7-8-19-15)20-10-14-6-5-9-21(12-14)16(22)23-17(2,3)4/h7-8,11,13-14,20H,5-6,9-10,12H2,1-4H3/t13-,14-/m0/s1. The summed E-state index contributed by atoms with van der Waals surface area (Å²) < 4.78 is 5.47. The Labute approximate surface area is 138 Å². The van der Waals surface area contributed by atoms with Crippen molar-refractivity contribution >= 4 is 6.09 Å². The molecule has 23 heavy (non-hydrogen) atoms. The number of hydrogen-bond acceptors (Lipinski definition) is 5. The first-order chi connectivity index (χ1) is 10.8. The fourth-order valence-electron chi connectivity index (χ4n) is 2.71. The van der Waals surface area contributed by atoms with Crippen LogP contribution in [-0.4, -0.2) is 46.2 Å². The summed E-state index contributed by atoms with van der Waals surface area (Å²) in [6.45, 7) is 10.2. The van der Waals surface area contributed by atoms with Crippen molar-refractivity contribution in [3.05, 3.63) is 24.3 Å². The van der Waals surface area contributed by atoms with Crippen LogP contribution in [0.3, 0.4) is 0 Å². The number of rotatable bonds is 4. The molecule has 1 N–H and O–H groups in total. The predicted octanol–water partition coefficient (Wildman–Crippen LogP) is 2.77. The number of carbonyl (C=O) groups excluding carboxylic acids is 1. The van der Waals surface area contributed by atoms with Crippen LogP contribution in [0.2, 0.25) is 0 Å². The summed E-state index contributed by atoms with van der Waals surface area (Å²) in [4.78, 5) is 22.4. The number of nitrogens with zero attached hydrogens (tertiary/aromatic N) is 3. The van der Waals surface area contributed by atoms with Gasteiger partial charge in [-0.2, -0.15) is 0 Å². The average Bonchev–Trinajstić information content (AvgIpc) is 2.52. The van der Waals surface area contributed by atoms with Crippen LogP contribution < -0.4 is 5.32 Å². The van der Waals surface area contributed by atoms with Crippen molar-refractivity contribution in [3.8, 4) is 0 Å². The first-order valence-electron chi connectivity index (χ1n) is 8.32. The zero-order chi connectivity index (χ0) is 16.9. The minimum atomic E-state index is -0.442. The van der Waals surface area contributed by atoms with Crippen LogP contribution in [0.1, 0.15) is 52.3 Å². The van der Waals surface area contributed by atoms with E-state index in [2.05, 4.69) is 22.2 Å². The highest BCUT2D eigenvalue weighted by molar-refractivity contribution is 5.68. The number of likely N-dealkylation sites (tertiary alicyclic amines) is 1. The van der Waals surface area contributed by atoms with Gasteiger partial charge in [-0.15, -0.1) is 0 Å². The van der Waals surface area contributed by atoms with E-state index in [0.717, 1.165) is 38.2 Å². The highest BCUT2D eigenvalue weighted by Crippen LogP contribution is 2.19. The van der Waals surface area contributed by atoms with E-state index in [1.807, 2.05) is 25.7 Å². The maximum atomic E-state index is 12.2. The van der Waals surface area contributed by atoms with Crippen molar-refractivity contribution in [3.63, 3.8) is 0 Å². The highest BCUT2D eigenvalue weighted by atomic mass is 16.6. The van der Waals surface area contributed by atoms with Gasteiger partial charge in [0.2, 0.25) is 0 Å². The summed E-state index contributed by atoms with van der Waals surface area (Å²) in [6.07, 6.45) is 7.11. The molecule has 0 spiro atoms. The Morgan fingerprint density at radius 3 is 2.91 bits per heavy atom. The molecule has 0 unspecified atom stereocenters. The quantitative estimate of drug-likeness (QED) is 0.924. The first kappa shape index (κ1) is 17.7. The third-order valence-electron chi connectivity index (χ3n) is 3.91. The van der Waals surface area contributed by atoms with E-state index in [1.165, 1.54) is 0 Å². The van der Waals surface area contributed by atoms with Crippen LogP contribution in [0.25, 0.3) is 0 Å². The van der Waals surface area contributed by atoms with Gasteiger partial charge in [0.15, 0.2) is 0 Å². The summed E-state index contributed by atoms with van der Waals surface area (Å²) in [6, 6.07) is 0.153. The third kappa shape index (κ3) is 5.78. The van der Waals surface area contributed by atoms with Gasteiger partial charge in [0, 0.05) is 44.3 Å². The Bertz CT molecular complexity index is 501. The molecule has 1 aliphatic heterocycles. The Morgan fingerprint density at radius 2 is 2.26 bits per heavy atom. The maximum Gasteiger partial charge on any atom is 0.410 e. The molecule has 0 bridgehead atoms. The summed E-state index contributed by atoms with van der Waals surface area (Å²) >= 11 is 0. The number of amides is 1. The molecule has 1 saturated heterocycles. The maximum absolute atomic E-state index is 12.2. The van der Waals surface area contributed by atoms with Crippen molar-refractivity contribution in [2.24, 2.45) is 5.92 Å². The molecule has 1 fully saturated rings. The molecule has 2 heterocycles. The summed E-state index contributed by atoms with van der Waals surface area (Å²) in [5, 5.41) is 3.50. The average molecular weight is 320 g/mol. The Balaban J connectivity index is 1.81. The number of nitrogens with one attached hydrogen (secondary N) is 1. The molecule has 2 rings (SSSR count). The molecule has 0 saturated carbocycles. The second kappa shape index (κ2) is 7.73. The second-order valence-electron chi connectivity index (χ2n) is 7.19. The predicted molar refractivity (Wildman–Crippen MR) is 89.0 cm³/mol. The monoisotopic (exact) mass is 320 g/mol. The number of ether oxygens (including phenoxy) is 1. The van der Waals surface area contributed by atoms with Gasteiger partial charge in [0.05, 0.1) is 5.69 Å². The Morgan fingerprint density at radius 1 is 1.48 bits per heavy atom. The van der Waals surface area contributed by atoms with E-state index < -0.39 is 5.60 Å². The molecule has 6 nitrogen and oxygen atoms in total. The SMILES string of the molecule is C[C@H](NC[C@@H]1CCCN(C(=O)OC(C)(C)C)C1)c1cnccn1. The molecule has 1 aliphatic rings. The molecular weight excluding hydrogens is 292 g/mol. The van der Waals surface area contributed by atoms with Crippen LogP contribution in [0.15, 0.2) is 18.6 Å². The third-order valence-corrected chi connectivity index (χ3v) is 3.91. The van der Waals surface area contributed by atoms with E-state index >= 15 is 0 Å². The minimum absolute atomic E-state index is 0.153. The molecule has 1 amide bonds. The second-order valence-corrected chi connectivity index (χ2v) is 7.19. The number of hydrogen-bond donors (Lipinski definition) is 1. The summed E-state index contributed by atoms with van der Waals surface area (Å²) in [5.74, 6) is 0.440. The smallest absolute Gasteiger partial charge is 0.410 e. The normalized spacial score (nSPS) is 20.2. The molecule has 0 aliphatic carbocycles. The van der Waals surface area contributed by atoms with Crippen LogP contribution in [-0.2, 0) is 4.74 Å². The molecule has 0 aromatic carbocycles. The zero-order valence-corrected chi connectivity index (χ0v) is 14.6. The van der Waals surface area contributed by atoms with Gasteiger partial charge in [-0.1, -0.05) is 0 Å². The number of aromatic nitrogens is 2. The largest absolute Gasteiger partial charge is 0.444 e. The Hall–Kier alpha value is -1.69. The van der Waals surface area contributed by atoms with E-state index in [-0.39, 0.29) is 12.1 Å². The highest BCUT2D eigenvalue weighted by Gasteiger charge is 2.27. The molecule has 0 radical (unpaired) electrons. The van der Waals surface area contributed by atoms with Gasteiger partial charge in [-0.25, -0.2) is 4.79 Å².